The van der Waals surface area contributed by atoms with Crippen molar-refractivity contribution in [2.75, 3.05) is 12.4 Å². The van der Waals surface area contributed by atoms with E-state index in [0.29, 0.717) is 22.3 Å². The van der Waals surface area contributed by atoms with Gasteiger partial charge < -0.3 is 10.1 Å². The molecule has 0 fully saturated rings. The van der Waals surface area contributed by atoms with E-state index in [9.17, 15) is 14.9 Å². The number of hydrogen-bond donors (Lipinski definition) is 1. The van der Waals surface area contributed by atoms with Crippen molar-refractivity contribution in [2.45, 2.75) is 19.5 Å². The summed E-state index contributed by atoms with van der Waals surface area (Å²) >= 11 is 11.9. The summed E-state index contributed by atoms with van der Waals surface area (Å²) in [5.41, 5.74) is 1.04. The van der Waals surface area contributed by atoms with Gasteiger partial charge in [0.1, 0.15) is 12.2 Å². The Labute approximate surface area is 175 Å². The molecule has 152 valence electrons. The van der Waals surface area contributed by atoms with Gasteiger partial charge in [-0.25, -0.2) is 4.68 Å². The average molecular weight is 439 g/mol. The topological polar surface area (TPSA) is 117 Å². The zero-order valence-electron chi connectivity index (χ0n) is 15.4. The van der Waals surface area contributed by atoms with Gasteiger partial charge in [-0.05, 0) is 24.6 Å². The third-order valence-corrected chi connectivity index (χ3v) is 4.81. The van der Waals surface area contributed by atoms with Crippen molar-refractivity contribution in [3.63, 3.8) is 0 Å². The fraction of sp³-hybridized carbons (Fsp3) is 0.235. The summed E-state index contributed by atoms with van der Waals surface area (Å²) in [5, 5.41) is 22.8. The first-order chi connectivity index (χ1) is 13.8. The number of carbonyl (C=O) groups is 1. The third kappa shape index (κ3) is 4.66. The molecule has 29 heavy (non-hydrogen) atoms. The number of methoxy groups -OCH3 is 1. The molecule has 1 N–H and O–H groups in total. The second kappa shape index (κ2) is 8.50. The molecule has 0 aliphatic heterocycles. The van der Waals surface area contributed by atoms with Crippen LogP contribution in [0.25, 0.3) is 0 Å². The van der Waals surface area contributed by atoms with Crippen molar-refractivity contribution in [3.05, 3.63) is 62.5 Å². The number of aromatic nitrogens is 4. The SMILES string of the molecule is COc1nn(C(C)C(=O)Nc2cnn(Cc3ccc(Cl)c(Cl)c3)c2)cc1[N+](=O)[O-]. The summed E-state index contributed by atoms with van der Waals surface area (Å²) in [4.78, 5) is 22.9. The highest BCUT2D eigenvalue weighted by Crippen LogP contribution is 2.26. The summed E-state index contributed by atoms with van der Waals surface area (Å²) in [5.74, 6) is -0.580. The molecule has 1 unspecified atom stereocenters. The second-order valence-electron chi connectivity index (χ2n) is 6.10. The quantitative estimate of drug-likeness (QED) is 0.445. The summed E-state index contributed by atoms with van der Waals surface area (Å²) in [6.07, 6.45) is 4.30. The maximum Gasteiger partial charge on any atom is 0.350 e. The van der Waals surface area contributed by atoms with Gasteiger partial charge in [-0.1, -0.05) is 29.3 Å². The van der Waals surface area contributed by atoms with Gasteiger partial charge in [-0.3, -0.25) is 19.6 Å². The largest absolute Gasteiger partial charge is 0.475 e. The lowest BCUT2D eigenvalue weighted by molar-refractivity contribution is -0.385. The van der Waals surface area contributed by atoms with Crippen LogP contribution in [0.15, 0.2) is 36.8 Å². The Balaban J connectivity index is 1.68. The molecule has 0 aliphatic carbocycles. The van der Waals surface area contributed by atoms with Crippen LogP contribution in [0.4, 0.5) is 11.4 Å². The Morgan fingerprint density at radius 3 is 2.72 bits per heavy atom. The molecular weight excluding hydrogens is 423 g/mol. The van der Waals surface area contributed by atoms with Crippen LogP contribution in [0.1, 0.15) is 18.5 Å². The molecule has 0 spiro atoms. The van der Waals surface area contributed by atoms with E-state index in [4.69, 9.17) is 27.9 Å². The van der Waals surface area contributed by atoms with Gasteiger partial charge in [-0.15, -0.1) is 5.10 Å². The molecule has 1 atom stereocenters. The number of hydrogen-bond acceptors (Lipinski definition) is 6. The molecule has 0 saturated carbocycles. The number of rotatable bonds is 7. The molecule has 12 heteroatoms. The van der Waals surface area contributed by atoms with Crippen LogP contribution in [0.2, 0.25) is 10.0 Å². The van der Waals surface area contributed by atoms with E-state index in [2.05, 4.69) is 15.5 Å². The number of anilines is 1. The predicted molar refractivity (Wildman–Crippen MR) is 107 cm³/mol. The van der Waals surface area contributed by atoms with E-state index in [1.165, 1.54) is 18.0 Å². The first-order valence-electron chi connectivity index (χ1n) is 8.33. The minimum atomic E-state index is -0.809. The van der Waals surface area contributed by atoms with Gasteiger partial charge in [0.05, 0.1) is 40.5 Å². The Bertz CT molecular complexity index is 1060. The van der Waals surface area contributed by atoms with Gasteiger partial charge in [0.15, 0.2) is 0 Å². The Morgan fingerprint density at radius 1 is 1.34 bits per heavy atom. The van der Waals surface area contributed by atoms with Crippen LogP contribution >= 0.6 is 23.2 Å². The Morgan fingerprint density at radius 2 is 2.10 bits per heavy atom. The smallest absolute Gasteiger partial charge is 0.350 e. The Hall–Kier alpha value is -3.11. The molecule has 3 aromatic rings. The minimum Gasteiger partial charge on any atom is -0.475 e. The van der Waals surface area contributed by atoms with Crippen molar-refractivity contribution in [1.29, 1.82) is 0 Å². The van der Waals surface area contributed by atoms with Crippen LogP contribution in [-0.2, 0) is 11.3 Å². The van der Waals surface area contributed by atoms with Crippen LogP contribution in [0.5, 0.6) is 5.88 Å². The number of halogens is 2. The lowest BCUT2D eigenvalue weighted by Gasteiger charge is -2.10. The minimum absolute atomic E-state index is 0.163. The monoisotopic (exact) mass is 438 g/mol. The number of nitrogens with one attached hydrogen (secondary N) is 1. The van der Waals surface area contributed by atoms with Crippen molar-refractivity contribution >= 4 is 40.5 Å². The molecule has 0 radical (unpaired) electrons. The third-order valence-electron chi connectivity index (χ3n) is 4.08. The number of nitro groups is 1. The average Bonchev–Trinajstić information content (AvgIpc) is 3.31. The highest BCUT2D eigenvalue weighted by atomic mass is 35.5. The first kappa shape index (κ1) is 20.6. The molecule has 1 amide bonds. The lowest BCUT2D eigenvalue weighted by Crippen LogP contribution is -2.23. The van der Waals surface area contributed by atoms with Gasteiger partial charge in [0.25, 0.3) is 0 Å². The molecule has 2 aromatic heterocycles. The van der Waals surface area contributed by atoms with Crippen molar-refractivity contribution < 1.29 is 14.5 Å². The van der Waals surface area contributed by atoms with Gasteiger partial charge in [-0.2, -0.15) is 5.10 Å². The molecule has 0 bridgehead atoms. The normalized spacial score (nSPS) is 11.9. The fourth-order valence-electron chi connectivity index (χ4n) is 2.54. The van der Waals surface area contributed by atoms with Crippen molar-refractivity contribution in [3.8, 4) is 5.88 Å². The van der Waals surface area contributed by atoms with Gasteiger partial charge in [0, 0.05) is 6.20 Å². The van der Waals surface area contributed by atoms with E-state index >= 15 is 0 Å². The number of ether oxygens (including phenoxy) is 1. The highest BCUT2D eigenvalue weighted by Gasteiger charge is 2.25. The molecule has 0 saturated heterocycles. The molecule has 2 heterocycles. The molecule has 0 aliphatic rings. The van der Waals surface area contributed by atoms with Crippen molar-refractivity contribution in [2.24, 2.45) is 0 Å². The van der Waals surface area contributed by atoms with E-state index < -0.39 is 16.9 Å². The zero-order chi connectivity index (χ0) is 21.1. The molecular formula is C17H16Cl2N6O4. The van der Waals surface area contributed by atoms with E-state index in [0.717, 1.165) is 11.8 Å². The number of amides is 1. The lowest BCUT2D eigenvalue weighted by atomic mass is 10.2. The van der Waals surface area contributed by atoms with Crippen LogP contribution in [0, 0.1) is 10.1 Å². The molecule has 1 aromatic carbocycles. The van der Waals surface area contributed by atoms with E-state index in [-0.39, 0.29) is 11.6 Å². The first-order valence-corrected chi connectivity index (χ1v) is 9.09. The number of carbonyl (C=O) groups excluding carboxylic acids is 1. The summed E-state index contributed by atoms with van der Waals surface area (Å²) < 4.78 is 7.67. The second-order valence-corrected chi connectivity index (χ2v) is 6.92. The van der Waals surface area contributed by atoms with Gasteiger partial charge in [0.2, 0.25) is 5.91 Å². The molecule has 10 nitrogen and oxygen atoms in total. The standard InChI is InChI=1S/C17H16Cl2N6O4/c1-10(24-9-15(25(27)28)17(22-24)29-2)16(26)21-12-6-20-23(8-12)7-11-3-4-13(18)14(19)5-11/h3-6,8-10H,7H2,1-2H3,(H,21,26). The summed E-state index contributed by atoms with van der Waals surface area (Å²) in [6.45, 7) is 2.00. The number of benzene rings is 1. The van der Waals surface area contributed by atoms with Crippen LogP contribution < -0.4 is 10.1 Å². The summed E-state index contributed by atoms with van der Waals surface area (Å²) in [6, 6.07) is 4.46. The molecule has 3 rings (SSSR count). The fourth-order valence-corrected chi connectivity index (χ4v) is 2.86. The maximum atomic E-state index is 12.5. The Kier molecular flexibility index (Phi) is 6.04. The summed E-state index contributed by atoms with van der Waals surface area (Å²) in [7, 11) is 1.27. The number of nitrogens with zero attached hydrogens (tertiary/aromatic N) is 5. The highest BCUT2D eigenvalue weighted by molar-refractivity contribution is 6.42. The van der Waals surface area contributed by atoms with Gasteiger partial charge >= 0.3 is 11.6 Å². The van der Waals surface area contributed by atoms with E-state index in [1.54, 1.807) is 29.9 Å². The van der Waals surface area contributed by atoms with Crippen molar-refractivity contribution in [1.82, 2.24) is 19.6 Å². The zero-order valence-corrected chi connectivity index (χ0v) is 16.9. The maximum absolute atomic E-state index is 12.5. The van der Waals surface area contributed by atoms with E-state index in [1.807, 2.05) is 6.07 Å². The predicted octanol–water partition coefficient (Wildman–Crippen LogP) is 3.55. The van der Waals surface area contributed by atoms with Crippen LogP contribution in [0.3, 0.4) is 0 Å². The van der Waals surface area contributed by atoms with Crippen LogP contribution in [-0.4, -0.2) is 37.5 Å².